The van der Waals surface area contributed by atoms with E-state index in [1.807, 2.05) is 51.2 Å². The van der Waals surface area contributed by atoms with Crippen LogP contribution >= 0.6 is 0 Å². The molecule has 180 valence electrons. The average Bonchev–Trinajstić information content (AvgIpc) is 3.21. The van der Waals surface area contributed by atoms with Crippen LogP contribution in [-0.4, -0.2) is 54.8 Å². The molecule has 0 fully saturated rings. The Kier molecular flexibility index (Phi) is 6.00. The molecule has 8 heteroatoms. The van der Waals surface area contributed by atoms with Crippen molar-refractivity contribution in [2.75, 3.05) is 30.5 Å². The SMILES string of the molecule is Cc1cccc2c1N(CCN1CC=C(c3c[nH]c4cc(F)ccc34)CC1)S(=O)(=O)N(C(C)C)C2. The first kappa shape index (κ1) is 23.1. The molecule has 2 aliphatic rings. The summed E-state index contributed by atoms with van der Waals surface area (Å²) in [6, 6.07) is 10.7. The van der Waals surface area contributed by atoms with Crippen LogP contribution in [0.3, 0.4) is 0 Å². The number of H-pyrrole nitrogens is 1. The molecule has 6 nitrogen and oxygen atoms in total. The monoisotopic (exact) mass is 482 g/mol. The molecule has 0 atom stereocenters. The third-order valence-corrected chi connectivity index (χ3v) is 9.02. The summed E-state index contributed by atoms with van der Waals surface area (Å²) < 4.78 is 43.7. The maximum absolute atomic E-state index is 13.5. The second kappa shape index (κ2) is 8.83. The molecule has 2 aromatic carbocycles. The number of aromatic amines is 1. The number of fused-ring (bicyclic) bond motifs is 2. The number of anilines is 1. The van der Waals surface area contributed by atoms with Crippen molar-refractivity contribution in [2.24, 2.45) is 0 Å². The fourth-order valence-electron chi connectivity index (χ4n) is 5.13. The van der Waals surface area contributed by atoms with Crippen LogP contribution in [0.15, 0.2) is 48.7 Å². The van der Waals surface area contributed by atoms with Gasteiger partial charge in [0, 0.05) is 61.4 Å². The number of rotatable bonds is 5. The Morgan fingerprint density at radius 2 is 1.97 bits per heavy atom. The fraction of sp³-hybridized carbons (Fsp3) is 0.385. The van der Waals surface area contributed by atoms with E-state index < -0.39 is 10.2 Å². The summed E-state index contributed by atoms with van der Waals surface area (Å²) in [5, 5.41) is 1.03. The van der Waals surface area contributed by atoms with Gasteiger partial charge < -0.3 is 4.98 Å². The lowest BCUT2D eigenvalue weighted by Crippen LogP contribution is -2.52. The van der Waals surface area contributed by atoms with E-state index in [2.05, 4.69) is 16.0 Å². The van der Waals surface area contributed by atoms with Crippen molar-refractivity contribution in [2.45, 2.75) is 39.8 Å². The Hall–Kier alpha value is -2.68. The molecule has 0 radical (unpaired) electrons. The van der Waals surface area contributed by atoms with Crippen LogP contribution in [-0.2, 0) is 16.8 Å². The zero-order valence-corrected chi connectivity index (χ0v) is 20.7. The van der Waals surface area contributed by atoms with Gasteiger partial charge in [-0.2, -0.15) is 12.7 Å². The van der Waals surface area contributed by atoms with Crippen molar-refractivity contribution in [3.8, 4) is 0 Å². The molecular weight excluding hydrogens is 451 g/mol. The molecule has 1 aromatic heterocycles. The lowest BCUT2D eigenvalue weighted by atomic mass is 9.99. The van der Waals surface area contributed by atoms with E-state index in [4.69, 9.17) is 0 Å². The van der Waals surface area contributed by atoms with E-state index in [1.54, 1.807) is 8.61 Å². The average molecular weight is 483 g/mol. The number of para-hydroxylation sites is 1. The van der Waals surface area contributed by atoms with Crippen molar-refractivity contribution >= 4 is 32.4 Å². The third-order valence-electron chi connectivity index (χ3n) is 6.95. The number of aromatic nitrogens is 1. The second-order valence-electron chi connectivity index (χ2n) is 9.47. The number of hydrogen-bond acceptors (Lipinski definition) is 3. The minimum absolute atomic E-state index is 0.105. The quantitative estimate of drug-likeness (QED) is 0.575. The van der Waals surface area contributed by atoms with Gasteiger partial charge in [-0.05, 0) is 62.1 Å². The van der Waals surface area contributed by atoms with Crippen molar-refractivity contribution in [1.29, 1.82) is 0 Å². The van der Waals surface area contributed by atoms with Crippen LogP contribution in [0.1, 0.15) is 37.0 Å². The van der Waals surface area contributed by atoms with Crippen LogP contribution in [0.4, 0.5) is 10.1 Å². The molecule has 0 spiro atoms. The summed E-state index contributed by atoms with van der Waals surface area (Å²) in [7, 11) is -3.58. The van der Waals surface area contributed by atoms with Gasteiger partial charge in [0.2, 0.25) is 0 Å². The Morgan fingerprint density at radius 1 is 1.15 bits per heavy atom. The molecule has 2 aliphatic heterocycles. The van der Waals surface area contributed by atoms with Gasteiger partial charge in [-0.15, -0.1) is 0 Å². The lowest BCUT2D eigenvalue weighted by molar-refractivity contribution is 0.305. The van der Waals surface area contributed by atoms with E-state index in [0.717, 1.165) is 52.8 Å². The lowest BCUT2D eigenvalue weighted by Gasteiger charge is -2.41. The Balaban J connectivity index is 1.34. The van der Waals surface area contributed by atoms with E-state index in [-0.39, 0.29) is 11.9 Å². The molecule has 3 aromatic rings. The normalized spacial score (nSPS) is 19.0. The molecule has 0 aliphatic carbocycles. The highest BCUT2D eigenvalue weighted by Crippen LogP contribution is 2.36. The summed E-state index contributed by atoms with van der Waals surface area (Å²) in [6.45, 7) is 8.92. The Bertz CT molecular complexity index is 1360. The van der Waals surface area contributed by atoms with Crippen molar-refractivity contribution < 1.29 is 12.8 Å². The number of nitrogens with zero attached hydrogens (tertiary/aromatic N) is 3. The highest BCUT2D eigenvalue weighted by atomic mass is 32.2. The number of nitrogens with one attached hydrogen (secondary N) is 1. The minimum atomic E-state index is -3.58. The van der Waals surface area contributed by atoms with E-state index in [9.17, 15) is 12.8 Å². The number of aryl methyl sites for hydroxylation is 1. The zero-order chi connectivity index (χ0) is 24.0. The van der Waals surface area contributed by atoms with Gasteiger partial charge in [0.05, 0.1) is 5.69 Å². The van der Waals surface area contributed by atoms with Crippen molar-refractivity contribution in [3.05, 3.63) is 71.2 Å². The van der Waals surface area contributed by atoms with Gasteiger partial charge >= 0.3 is 10.2 Å². The van der Waals surface area contributed by atoms with Crippen molar-refractivity contribution in [3.63, 3.8) is 0 Å². The molecular formula is C26H31FN4O2S. The first-order valence-corrected chi connectivity index (χ1v) is 13.2. The maximum Gasteiger partial charge on any atom is 0.304 e. The number of halogens is 1. The van der Waals surface area contributed by atoms with Crippen LogP contribution in [0, 0.1) is 12.7 Å². The van der Waals surface area contributed by atoms with Gasteiger partial charge in [0.15, 0.2) is 0 Å². The molecule has 0 saturated heterocycles. The summed E-state index contributed by atoms with van der Waals surface area (Å²) >= 11 is 0. The van der Waals surface area contributed by atoms with Gasteiger partial charge in [-0.3, -0.25) is 9.21 Å². The Morgan fingerprint density at radius 3 is 2.71 bits per heavy atom. The molecule has 0 amide bonds. The largest absolute Gasteiger partial charge is 0.360 e. The van der Waals surface area contributed by atoms with Crippen LogP contribution < -0.4 is 4.31 Å². The Labute approximate surface area is 200 Å². The van der Waals surface area contributed by atoms with Crippen molar-refractivity contribution in [1.82, 2.24) is 14.2 Å². The van der Waals surface area contributed by atoms with Crippen LogP contribution in [0.25, 0.3) is 16.5 Å². The summed E-state index contributed by atoms with van der Waals surface area (Å²) in [5.41, 5.74) is 6.04. The molecule has 5 rings (SSSR count). The summed E-state index contributed by atoms with van der Waals surface area (Å²) in [5.74, 6) is -0.245. The van der Waals surface area contributed by atoms with E-state index in [0.29, 0.717) is 19.6 Å². The predicted octanol–water partition coefficient (Wildman–Crippen LogP) is 4.68. The van der Waals surface area contributed by atoms with Crippen LogP contribution in [0.5, 0.6) is 0 Å². The van der Waals surface area contributed by atoms with Gasteiger partial charge in [-0.25, -0.2) is 4.39 Å². The standard InChI is InChI=1S/C26H31FN4O2S/c1-18(2)31-17-21-6-4-5-19(3)26(21)30(34(31,32)33)14-13-29-11-9-20(10-12-29)24-16-28-25-15-22(27)7-8-23(24)25/h4-9,15-16,18,28H,10-14,17H2,1-3H3. The van der Waals surface area contributed by atoms with E-state index in [1.165, 1.54) is 17.7 Å². The van der Waals surface area contributed by atoms with Gasteiger partial charge in [0.1, 0.15) is 5.82 Å². The first-order valence-electron chi connectivity index (χ1n) is 11.8. The summed E-state index contributed by atoms with van der Waals surface area (Å²) in [4.78, 5) is 5.46. The smallest absolute Gasteiger partial charge is 0.304 e. The molecule has 3 heterocycles. The van der Waals surface area contributed by atoms with Gasteiger partial charge in [0.25, 0.3) is 0 Å². The highest BCUT2D eigenvalue weighted by Gasteiger charge is 2.38. The molecule has 0 saturated carbocycles. The molecule has 1 N–H and O–H groups in total. The first-order chi connectivity index (χ1) is 16.3. The number of benzene rings is 2. The fourth-order valence-corrected chi connectivity index (χ4v) is 7.02. The minimum Gasteiger partial charge on any atom is -0.360 e. The van der Waals surface area contributed by atoms with E-state index >= 15 is 0 Å². The van der Waals surface area contributed by atoms with Crippen LogP contribution in [0.2, 0.25) is 0 Å². The van der Waals surface area contributed by atoms with Gasteiger partial charge in [-0.1, -0.05) is 24.3 Å². The third kappa shape index (κ3) is 4.04. The molecule has 34 heavy (non-hydrogen) atoms. The summed E-state index contributed by atoms with van der Waals surface area (Å²) in [6.07, 6.45) is 5.02. The predicted molar refractivity (Wildman–Crippen MR) is 135 cm³/mol. The maximum atomic E-state index is 13.5. The highest BCUT2D eigenvalue weighted by molar-refractivity contribution is 7.90. The topological polar surface area (TPSA) is 59.7 Å². The molecule has 0 unspecified atom stereocenters. The zero-order valence-electron chi connectivity index (χ0n) is 19.9. The second-order valence-corrected chi connectivity index (χ2v) is 11.3. The molecule has 0 bridgehead atoms. The number of hydrogen-bond donors (Lipinski definition) is 1.